The zero-order chi connectivity index (χ0) is 21.8. The maximum Gasteiger partial charge on any atom is 0.273 e. The Bertz CT molecular complexity index is 1070. The van der Waals surface area contributed by atoms with Gasteiger partial charge < -0.3 is 4.90 Å². The van der Waals surface area contributed by atoms with Gasteiger partial charge in [-0.15, -0.1) is 11.3 Å². The van der Waals surface area contributed by atoms with Crippen LogP contribution in [0.1, 0.15) is 34.7 Å². The molecule has 0 radical (unpaired) electrons. The second-order valence-electron chi connectivity index (χ2n) is 6.23. The minimum absolute atomic E-state index is 0.185. The maximum absolute atomic E-state index is 13.4. The van der Waals surface area contributed by atoms with E-state index in [9.17, 15) is 9.59 Å². The van der Waals surface area contributed by atoms with Crippen LogP contribution in [0, 0.1) is 0 Å². The summed E-state index contributed by atoms with van der Waals surface area (Å²) in [6, 6.07) is 11.4. The van der Waals surface area contributed by atoms with Crippen LogP contribution in [0.25, 0.3) is 0 Å². The van der Waals surface area contributed by atoms with Gasteiger partial charge in [-0.3, -0.25) is 14.5 Å². The summed E-state index contributed by atoms with van der Waals surface area (Å²) in [5.74, 6) is -0.578. The van der Waals surface area contributed by atoms with Crippen molar-refractivity contribution in [3.63, 3.8) is 0 Å². The van der Waals surface area contributed by atoms with Crippen molar-refractivity contribution in [1.82, 2.24) is 9.88 Å². The zero-order valence-corrected chi connectivity index (χ0v) is 19.3. The molecule has 0 aliphatic rings. The van der Waals surface area contributed by atoms with Gasteiger partial charge in [-0.25, -0.2) is 4.98 Å². The van der Waals surface area contributed by atoms with E-state index in [1.807, 2.05) is 13.8 Å². The minimum Gasteiger partial charge on any atom is -0.338 e. The Kier molecular flexibility index (Phi) is 7.36. The zero-order valence-electron chi connectivity index (χ0n) is 16.2. The number of hydrogen-bond donors (Lipinski definition) is 0. The number of thiazole rings is 1. The molecule has 2 amide bonds. The third-order valence-electron chi connectivity index (χ3n) is 4.40. The van der Waals surface area contributed by atoms with Crippen molar-refractivity contribution >= 4 is 68.8 Å². The molecule has 0 unspecified atom stereocenters. The molecular formula is C21H18Cl3N3O2S. The Morgan fingerprint density at radius 2 is 1.57 bits per heavy atom. The Hall–Kier alpha value is -2.12. The first kappa shape index (κ1) is 22.6. The van der Waals surface area contributed by atoms with Crippen LogP contribution in [0.15, 0.2) is 47.8 Å². The number of carbonyl (C=O) groups excluding carboxylic acids is 2. The molecule has 0 N–H and O–H groups in total. The summed E-state index contributed by atoms with van der Waals surface area (Å²) in [6.07, 6.45) is 0. The summed E-state index contributed by atoms with van der Waals surface area (Å²) in [4.78, 5) is 33.6. The van der Waals surface area contributed by atoms with E-state index >= 15 is 0 Å². The average molecular weight is 483 g/mol. The SMILES string of the molecule is CCN(CC)C(=O)c1csc(N(C(=O)c2ccc(Cl)cc2Cl)c2ccc(Cl)cc2)n1. The standard InChI is InChI=1S/C21H18Cl3N3O2S/c1-3-26(4-2)20(29)18-12-30-21(25-18)27(15-8-5-13(22)6-9-15)19(28)16-10-7-14(23)11-17(16)24/h5-12H,3-4H2,1-2H3. The average Bonchev–Trinajstić information content (AvgIpc) is 3.20. The van der Waals surface area contributed by atoms with E-state index in [0.717, 1.165) is 0 Å². The number of anilines is 2. The van der Waals surface area contributed by atoms with Crippen LogP contribution in [0.4, 0.5) is 10.8 Å². The summed E-state index contributed by atoms with van der Waals surface area (Å²) in [5.41, 5.74) is 1.10. The number of halogens is 3. The van der Waals surface area contributed by atoms with Gasteiger partial charge in [-0.1, -0.05) is 34.8 Å². The van der Waals surface area contributed by atoms with Crippen molar-refractivity contribution in [2.75, 3.05) is 18.0 Å². The highest BCUT2D eigenvalue weighted by molar-refractivity contribution is 7.14. The van der Waals surface area contributed by atoms with Crippen molar-refractivity contribution < 1.29 is 9.59 Å². The molecule has 0 aliphatic heterocycles. The molecule has 3 aromatic rings. The van der Waals surface area contributed by atoms with Crippen molar-refractivity contribution in [3.8, 4) is 0 Å². The summed E-state index contributed by atoms with van der Waals surface area (Å²) < 4.78 is 0. The molecule has 30 heavy (non-hydrogen) atoms. The number of aromatic nitrogens is 1. The lowest BCUT2D eigenvalue weighted by molar-refractivity contribution is 0.0767. The van der Waals surface area contributed by atoms with E-state index in [-0.39, 0.29) is 22.2 Å². The van der Waals surface area contributed by atoms with Crippen LogP contribution in [0.3, 0.4) is 0 Å². The molecule has 1 aromatic heterocycles. The van der Waals surface area contributed by atoms with Crippen molar-refractivity contribution in [2.45, 2.75) is 13.8 Å². The normalized spacial score (nSPS) is 10.7. The van der Waals surface area contributed by atoms with Crippen molar-refractivity contribution in [3.05, 3.63) is 74.2 Å². The van der Waals surface area contributed by atoms with Gasteiger partial charge in [0.2, 0.25) is 0 Å². The molecule has 0 aliphatic carbocycles. The monoisotopic (exact) mass is 481 g/mol. The van der Waals surface area contributed by atoms with E-state index in [0.29, 0.717) is 34.0 Å². The molecule has 156 valence electrons. The van der Waals surface area contributed by atoms with Gasteiger partial charge in [-0.05, 0) is 56.3 Å². The van der Waals surface area contributed by atoms with Crippen LogP contribution in [0.2, 0.25) is 15.1 Å². The number of nitrogens with zero attached hydrogens (tertiary/aromatic N) is 3. The summed E-state index contributed by atoms with van der Waals surface area (Å²) >= 11 is 19.5. The molecule has 1 heterocycles. The molecule has 0 saturated carbocycles. The topological polar surface area (TPSA) is 53.5 Å². The molecular weight excluding hydrogens is 465 g/mol. The first-order valence-electron chi connectivity index (χ1n) is 9.15. The largest absolute Gasteiger partial charge is 0.338 e. The fourth-order valence-corrected chi connectivity index (χ4v) is 4.26. The van der Waals surface area contributed by atoms with E-state index in [2.05, 4.69) is 4.98 Å². The molecule has 0 bridgehead atoms. The third kappa shape index (κ3) is 4.78. The molecule has 3 rings (SSSR count). The molecule has 9 heteroatoms. The number of benzene rings is 2. The van der Waals surface area contributed by atoms with Crippen LogP contribution in [-0.2, 0) is 0 Å². The molecule has 5 nitrogen and oxygen atoms in total. The van der Waals surface area contributed by atoms with Crippen molar-refractivity contribution in [1.29, 1.82) is 0 Å². The van der Waals surface area contributed by atoms with Gasteiger partial charge in [-0.2, -0.15) is 0 Å². The summed E-state index contributed by atoms with van der Waals surface area (Å²) in [6.45, 7) is 4.95. The molecule has 0 saturated heterocycles. The highest BCUT2D eigenvalue weighted by Gasteiger charge is 2.26. The molecule has 0 spiro atoms. The van der Waals surface area contributed by atoms with E-state index in [4.69, 9.17) is 34.8 Å². The fraction of sp³-hybridized carbons (Fsp3) is 0.190. The van der Waals surface area contributed by atoms with E-state index in [1.165, 1.54) is 22.3 Å². The maximum atomic E-state index is 13.4. The van der Waals surface area contributed by atoms with Gasteiger partial charge in [0.25, 0.3) is 11.8 Å². The van der Waals surface area contributed by atoms with Crippen LogP contribution in [0.5, 0.6) is 0 Å². The predicted octanol–water partition coefficient (Wildman–Crippen LogP) is 6.56. The number of amides is 2. The van der Waals surface area contributed by atoms with Gasteiger partial charge in [0.1, 0.15) is 5.69 Å². The highest BCUT2D eigenvalue weighted by Crippen LogP contribution is 2.33. The number of hydrogen-bond acceptors (Lipinski definition) is 4. The number of carbonyl (C=O) groups is 2. The third-order valence-corrected chi connectivity index (χ3v) is 6.03. The Morgan fingerprint density at radius 1 is 0.933 bits per heavy atom. The second kappa shape index (κ2) is 9.79. The van der Waals surface area contributed by atoms with Crippen LogP contribution >= 0.6 is 46.1 Å². The van der Waals surface area contributed by atoms with Crippen LogP contribution in [-0.4, -0.2) is 34.8 Å². The Balaban J connectivity index is 2.06. The lowest BCUT2D eigenvalue weighted by atomic mass is 10.2. The second-order valence-corrected chi connectivity index (χ2v) is 8.35. The summed E-state index contributed by atoms with van der Waals surface area (Å²) in [5, 5.41) is 3.19. The molecule has 0 fully saturated rings. The Morgan fingerprint density at radius 3 is 2.17 bits per heavy atom. The van der Waals surface area contributed by atoms with E-state index in [1.54, 1.807) is 46.7 Å². The highest BCUT2D eigenvalue weighted by atomic mass is 35.5. The van der Waals surface area contributed by atoms with Gasteiger partial charge in [0.05, 0.1) is 16.3 Å². The van der Waals surface area contributed by atoms with Crippen molar-refractivity contribution in [2.24, 2.45) is 0 Å². The summed E-state index contributed by atoms with van der Waals surface area (Å²) in [7, 11) is 0. The van der Waals surface area contributed by atoms with E-state index < -0.39 is 5.91 Å². The lowest BCUT2D eigenvalue weighted by Crippen LogP contribution is -2.31. The van der Waals surface area contributed by atoms with Gasteiger partial charge in [0, 0.05) is 28.5 Å². The quantitative estimate of drug-likeness (QED) is 0.399. The Labute approximate surface area is 193 Å². The lowest BCUT2D eigenvalue weighted by Gasteiger charge is -2.21. The minimum atomic E-state index is -0.393. The van der Waals surface area contributed by atoms with Gasteiger partial charge in [0.15, 0.2) is 5.13 Å². The molecule has 2 aromatic carbocycles. The molecule has 0 atom stereocenters. The van der Waals surface area contributed by atoms with Gasteiger partial charge >= 0.3 is 0 Å². The fourth-order valence-electron chi connectivity index (χ4n) is 2.83. The first-order chi connectivity index (χ1) is 14.3. The number of rotatable bonds is 6. The van der Waals surface area contributed by atoms with Crippen LogP contribution < -0.4 is 4.90 Å². The smallest absolute Gasteiger partial charge is 0.273 e. The first-order valence-corrected chi connectivity index (χ1v) is 11.2. The predicted molar refractivity (Wildman–Crippen MR) is 124 cm³/mol.